The molecule has 1 saturated carbocycles. The van der Waals surface area contributed by atoms with Crippen LogP contribution < -0.4 is 15.2 Å². The molecule has 0 amide bonds. The molecular weight excluding hydrogens is 288 g/mol. The van der Waals surface area contributed by atoms with Crippen molar-refractivity contribution < 1.29 is 13.2 Å². The number of sulfonamides is 1. The Morgan fingerprint density at radius 1 is 1.38 bits per heavy atom. The third kappa shape index (κ3) is 5.55. The lowest BCUT2D eigenvalue weighted by Crippen LogP contribution is -2.40. The van der Waals surface area contributed by atoms with Crippen LogP contribution in [0.5, 0.6) is 5.75 Å². The number of nitrogens with one attached hydrogen (secondary N) is 1. The monoisotopic (exact) mass is 312 g/mol. The van der Waals surface area contributed by atoms with E-state index < -0.39 is 10.0 Å². The summed E-state index contributed by atoms with van der Waals surface area (Å²) in [5.41, 5.74) is 6.24. The summed E-state index contributed by atoms with van der Waals surface area (Å²) in [6, 6.07) is 7.06. The molecule has 2 unspecified atom stereocenters. The lowest BCUT2D eigenvalue weighted by Gasteiger charge is -2.27. The average molecular weight is 312 g/mol. The Labute approximate surface area is 126 Å². The number of benzene rings is 1. The zero-order valence-corrected chi connectivity index (χ0v) is 13.2. The van der Waals surface area contributed by atoms with E-state index in [2.05, 4.69) is 11.6 Å². The quantitative estimate of drug-likeness (QED) is 0.789. The van der Waals surface area contributed by atoms with Gasteiger partial charge >= 0.3 is 0 Å². The van der Waals surface area contributed by atoms with E-state index in [1.165, 1.54) is 6.42 Å². The zero-order valence-electron chi connectivity index (χ0n) is 12.4. The van der Waals surface area contributed by atoms with Crippen LogP contribution in [0.4, 0.5) is 5.69 Å². The van der Waals surface area contributed by atoms with Crippen molar-refractivity contribution in [1.82, 2.24) is 4.72 Å². The molecule has 0 spiro atoms. The second kappa shape index (κ2) is 7.13. The van der Waals surface area contributed by atoms with Crippen molar-refractivity contribution in [3.8, 4) is 5.75 Å². The van der Waals surface area contributed by atoms with Crippen LogP contribution in [0.2, 0.25) is 0 Å². The summed E-state index contributed by atoms with van der Waals surface area (Å²) < 4.78 is 32.3. The minimum atomic E-state index is -3.29. The summed E-state index contributed by atoms with van der Waals surface area (Å²) in [4.78, 5) is 0. The van der Waals surface area contributed by atoms with Crippen molar-refractivity contribution in [3.63, 3.8) is 0 Å². The molecule has 118 valence electrons. The minimum absolute atomic E-state index is 0.0350. The molecular formula is C15H24N2O3S. The smallest absolute Gasteiger partial charge is 0.215 e. The molecule has 1 aromatic rings. The van der Waals surface area contributed by atoms with Crippen molar-refractivity contribution in [3.05, 3.63) is 24.3 Å². The topological polar surface area (TPSA) is 81.4 Å². The van der Waals surface area contributed by atoms with Gasteiger partial charge in [-0.2, -0.15) is 0 Å². The number of nitrogens with two attached hydrogens (primary N) is 1. The van der Waals surface area contributed by atoms with Crippen molar-refractivity contribution in [1.29, 1.82) is 0 Å². The number of hydrogen-bond donors (Lipinski definition) is 2. The van der Waals surface area contributed by atoms with E-state index in [1.807, 2.05) is 0 Å². The first-order chi connectivity index (χ1) is 9.94. The molecule has 1 aromatic carbocycles. The standard InChI is InChI=1S/C15H24N2O3S/c1-12-4-2-6-14(10-12)17-21(18,19)9-8-20-15-7-3-5-13(16)11-15/h3,5,7,11-12,14,17H,2,4,6,8-10,16H2,1H3. The summed E-state index contributed by atoms with van der Waals surface area (Å²) in [5, 5.41) is 0. The lowest BCUT2D eigenvalue weighted by molar-refractivity contribution is 0.322. The minimum Gasteiger partial charge on any atom is -0.492 e. The Kier molecular flexibility index (Phi) is 5.47. The van der Waals surface area contributed by atoms with E-state index >= 15 is 0 Å². The van der Waals surface area contributed by atoms with Crippen LogP contribution in [0.25, 0.3) is 0 Å². The molecule has 2 atom stereocenters. The zero-order chi connectivity index (χ0) is 15.3. The van der Waals surface area contributed by atoms with Gasteiger partial charge in [0.2, 0.25) is 10.0 Å². The number of hydrogen-bond acceptors (Lipinski definition) is 4. The van der Waals surface area contributed by atoms with Crippen LogP contribution in [-0.2, 0) is 10.0 Å². The molecule has 0 heterocycles. The first-order valence-electron chi connectivity index (χ1n) is 7.43. The predicted octanol–water partition coefficient (Wildman–Crippen LogP) is 2.15. The van der Waals surface area contributed by atoms with Gasteiger partial charge in [-0.1, -0.05) is 25.8 Å². The fraction of sp³-hybridized carbons (Fsp3) is 0.600. The van der Waals surface area contributed by atoms with Crippen LogP contribution in [0, 0.1) is 5.92 Å². The lowest BCUT2D eigenvalue weighted by atomic mass is 9.88. The maximum Gasteiger partial charge on any atom is 0.215 e. The molecule has 0 aromatic heterocycles. The third-order valence-electron chi connectivity index (χ3n) is 3.76. The molecule has 0 bridgehead atoms. The van der Waals surface area contributed by atoms with E-state index in [0.29, 0.717) is 17.4 Å². The largest absolute Gasteiger partial charge is 0.492 e. The fourth-order valence-corrected chi connectivity index (χ4v) is 3.87. The van der Waals surface area contributed by atoms with Gasteiger partial charge in [0, 0.05) is 17.8 Å². The van der Waals surface area contributed by atoms with Crippen LogP contribution in [0.1, 0.15) is 32.6 Å². The van der Waals surface area contributed by atoms with Crippen LogP contribution >= 0.6 is 0 Å². The highest BCUT2D eigenvalue weighted by molar-refractivity contribution is 7.89. The molecule has 3 N–H and O–H groups in total. The van der Waals surface area contributed by atoms with Crippen molar-refractivity contribution >= 4 is 15.7 Å². The van der Waals surface area contributed by atoms with E-state index in [9.17, 15) is 8.42 Å². The van der Waals surface area contributed by atoms with E-state index in [1.54, 1.807) is 24.3 Å². The van der Waals surface area contributed by atoms with Crippen molar-refractivity contribution in [2.24, 2.45) is 5.92 Å². The second-order valence-electron chi connectivity index (χ2n) is 5.83. The molecule has 1 fully saturated rings. The number of ether oxygens (including phenoxy) is 1. The van der Waals surface area contributed by atoms with Gasteiger partial charge in [0.1, 0.15) is 12.4 Å². The van der Waals surface area contributed by atoms with Gasteiger partial charge in [-0.15, -0.1) is 0 Å². The fourth-order valence-electron chi connectivity index (χ4n) is 2.73. The van der Waals surface area contributed by atoms with Gasteiger partial charge in [0.05, 0.1) is 5.75 Å². The summed E-state index contributed by atoms with van der Waals surface area (Å²) in [5.74, 6) is 1.15. The number of nitrogen functional groups attached to an aromatic ring is 1. The highest BCUT2D eigenvalue weighted by Gasteiger charge is 2.23. The maximum absolute atomic E-state index is 12.0. The molecule has 2 rings (SSSR count). The molecule has 6 heteroatoms. The normalized spacial score (nSPS) is 22.9. The first kappa shape index (κ1) is 16.1. The Hall–Kier alpha value is -1.27. The van der Waals surface area contributed by atoms with Crippen LogP contribution in [0.15, 0.2) is 24.3 Å². The first-order valence-corrected chi connectivity index (χ1v) is 9.08. The Balaban J connectivity index is 1.78. The van der Waals surface area contributed by atoms with Crippen molar-refractivity contribution in [2.45, 2.75) is 38.6 Å². The number of rotatable bonds is 6. The molecule has 0 aliphatic heterocycles. The Bertz CT molecular complexity index is 560. The molecule has 0 saturated heterocycles. The SMILES string of the molecule is CC1CCCC(NS(=O)(=O)CCOc2cccc(N)c2)C1. The van der Waals surface area contributed by atoms with Gasteiger partial charge in [0.15, 0.2) is 0 Å². The maximum atomic E-state index is 12.0. The third-order valence-corrected chi connectivity index (χ3v) is 5.16. The number of anilines is 1. The molecule has 5 nitrogen and oxygen atoms in total. The highest BCUT2D eigenvalue weighted by atomic mass is 32.2. The van der Waals surface area contributed by atoms with E-state index in [0.717, 1.165) is 19.3 Å². The summed E-state index contributed by atoms with van der Waals surface area (Å²) in [7, 11) is -3.29. The van der Waals surface area contributed by atoms with Gasteiger partial charge in [0.25, 0.3) is 0 Å². The summed E-state index contributed by atoms with van der Waals surface area (Å²) in [6.07, 6.45) is 4.14. The van der Waals surface area contributed by atoms with E-state index in [-0.39, 0.29) is 18.4 Å². The summed E-state index contributed by atoms with van der Waals surface area (Å²) >= 11 is 0. The highest BCUT2D eigenvalue weighted by Crippen LogP contribution is 2.24. The van der Waals surface area contributed by atoms with Gasteiger partial charge in [-0.05, 0) is 30.9 Å². The Morgan fingerprint density at radius 2 is 2.19 bits per heavy atom. The van der Waals surface area contributed by atoms with Crippen LogP contribution in [0.3, 0.4) is 0 Å². The summed E-state index contributed by atoms with van der Waals surface area (Å²) in [6.45, 7) is 2.30. The molecule has 21 heavy (non-hydrogen) atoms. The predicted molar refractivity (Wildman–Crippen MR) is 84.7 cm³/mol. The van der Waals surface area contributed by atoms with Gasteiger partial charge in [-0.3, -0.25) is 0 Å². The second-order valence-corrected chi connectivity index (χ2v) is 7.70. The molecule has 1 aliphatic rings. The molecule has 1 aliphatic carbocycles. The molecule has 0 radical (unpaired) electrons. The van der Waals surface area contributed by atoms with Gasteiger partial charge < -0.3 is 10.5 Å². The van der Waals surface area contributed by atoms with Gasteiger partial charge in [-0.25, -0.2) is 13.1 Å². The Morgan fingerprint density at radius 3 is 2.90 bits per heavy atom. The van der Waals surface area contributed by atoms with Crippen molar-refractivity contribution in [2.75, 3.05) is 18.1 Å². The van der Waals surface area contributed by atoms with Crippen LogP contribution in [-0.4, -0.2) is 26.8 Å². The average Bonchev–Trinajstić information content (AvgIpc) is 2.38. The van der Waals surface area contributed by atoms with E-state index in [4.69, 9.17) is 10.5 Å².